The van der Waals surface area contributed by atoms with Crippen molar-refractivity contribution >= 4 is 7.82 Å². The highest BCUT2D eigenvalue weighted by Gasteiger charge is 2.24. The molecule has 0 aliphatic carbocycles. The van der Waals surface area contributed by atoms with Crippen LogP contribution >= 0.6 is 7.82 Å². The number of phosphoric ester groups is 1. The molecule has 0 fully saturated rings. The molecule has 33 heavy (non-hydrogen) atoms. The van der Waals surface area contributed by atoms with Crippen molar-refractivity contribution in [2.24, 2.45) is 0 Å². The zero-order chi connectivity index (χ0) is 24.8. The SMILES string of the molecule is CCCCCCCCCCCCCCC/C=C\OCC(O)COP(=O)(O)OCC[N+](C)(C)C. The molecule has 0 rings (SSSR count). The third-order valence-electron chi connectivity index (χ3n) is 5.40. The van der Waals surface area contributed by atoms with Gasteiger partial charge in [0, 0.05) is 0 Å². The Balaban J connectivity index is 3.48. The minimum absolute atomic E-state index is 0.00792. The van der Waals surface area contributed by atoms with Crippen LogP contribution < -0.4 is 0 Å². The monoisotopic (exact) mass is 494 g/mol. The van der Waals surface area contributed by atoms with E-state index in [0.29, 0.717) is 11.0 Å². The van der Waals surface area contributed by atoms with E-state index >= 15 is 0 Å². The Morgan fingerprint density at radius 1 is 0.818 bits per heavy atom. The fourth-order valence-corrected chi connectivity index (χ4v) is 4.03. The Bertz CT molecular complexity index is 510. The first kappa shape index (κ1) is 32.6. The number of allylic oxidation sites excluding steroid dienone is 1. The van der Waals surface area contributed by atoms with E-state index in [1.165, 1.54) is 77.0 Å². The first-order valence-corrected chi connectivity index (χ1v) is 14.5. The number of unbranched alkanes of at least 4 members (excludes halogenated alkanes) is 13. The minimum atomic E-state index is -4.15. The van der Waals surface area contributed by atoms with Crippen molar-refractivity contribution in [3.8, 4) is 0 Å². The lowest BCUT2D eigenvalue weighted by atomic mass is 10.0. The van der Waals surface area contributed by atoms with E-state index in [-0.39, 0.29) is 19.8 Å². The maximum Gasteiger partial charge on any atom is 0.472 e. The van der Waals surface area contributed by atoms with Crippen LogP contribution in [0.2, 0.25) is 0 Å². The number of quaternary nitrogens is 1. The second kappa shape index (κ2) is 20.9. The van der Waals surface area contributed by atoms with Gasteiger partial charge in [-0.1, -0.05) is 84.0 Å². The van der Waals surface area contributed by atoms with Gasteiger partial charge in [0.25, 0.3) is 0 Å². The lowest BCUT2D eigenvalue weighted by Gasteiger charge is -2.24. The zero-order valence-electron chi connectivity index (χ0n) is 21.9. The third kappa shape index (κ3) is 26.0. The second-order valence-corrected chi connectivity index (χ2v) is 11.5. The predicted molar refractivity (Wildman–Crippen MR) is 136 cm³/mol. The number of hydrogen-bond donors (Lipinski definition) is 2. The molecule has 0 aromatic carbocycles. The smallest absolute Gasteiger partial charge is 0.472 e. The van der Waals surface area contributed by atoms with Crippen LogP contribution in [0.5, 0.6) is 0 Å². The quantitative estimate of drug-likeness (QED) is 0.0719. The number of aliphatic hydroxyl groups is 1. The molecule has 0 aromatic heterocycles. The van der Waals surface area contributed by atoms with Crippen molar-refractivity contribution in [1.82, 2.24) is 0 Å². The highest BCUT2D eigenvalue weighted by Crippen LogP contribution is 2.43. The number of hydrogen-bond acceptors (Lipinski definition) is 5. The van der Waals surface area contributed by atoms with Crippen molar-refractivity contribution in [3.05, 3.63) is 12.3 Å². The van der Waals surface area contributed by atoms with Crippen LogP contribution in [0.1, 0.15) is 96.8 Å². The van der Waals surface area contributed by atoms with E-state index in [1.54, 1.807) is 6.26 Å². The van der Waals surface area contributed by atoms with Gasteiger partial charge in [0.1, 0.15) is 25.9 Å². The molecule has 7 nitrogen and oxygen atoms in total. The van der Waals surface area contributed by atoms with Crippen LogP contribution in [-0.4, -0.2) is 68.1 Å². The summed E-state index contributed by atoms with van der Waals surface area (Å²) in [6.07, 6.45) is 21.0. The van der Waals surface area contributed by atoms with Crippen LogP contribution in [0.15, 0.2) is 12.3 Å². The molecule has 198 valence electrons. The maximum atomic E-state index is 11.8. The van der Waals surface area contributed by atoms with Crippen LogP contribution in [0.3, 0.4) is 0 Å². The fourth-order valence-electron chi connectivity index (χ4n) is 3.28. The van der Waals surface area contributed by atoms with Gasteiger partial charge in [0.2, 0.25) is 0 Å². The zero-order valence-corrected chi connectivity index (χ0v) is 22.8. The van der Waals surface area contributed by atoms with Gasteiger partial charge in [0.05, 0.1) is 34.0 Å². The third-order valence-corrected chi connectivity index (χ3v) is 6.39. The Labute approximate surface area is 203 Å². The molecule has 0 radical (unpaired) electrons. The summed E-state index contributed by atoms with van der Waals surface area (Å²) >= 11 is 0. The van der Waals surface area contributed by atoms with Gasteiger partial charge in [-0.15, -0.1) is 0 Å². The van der Waals surface area contributed by atoms with Crippen molar-refractivity contribution in [1.29, 1.82) is 0 Å². The minimum Gasteiger partial charge on any atom is -0.499 e. The van der Waals surface area contributed by atoms with Crippen molar-refractivity contribution in [2.75, 3.05) is 47.5 Å². The molecule has 0 aromatic rings. The topological polar surface area (TPSA) is 85.2 Å². The summed E-state index contributed by atoms with van der Waals surface area (Å²) in [4.78, 5) is 9.62. The van der Waals surface area contributed by atoms with Crippen molar-refractivity contribution in [3.63, 3.8) is 0 Å². The number of ether oxygens (including phenoxy) is 1. The van der Waals surface area contributed by atoms with E-state index in [9.17, 15) is 14.6 Å². The Morgan fingerprint density at radius 2 is 1.33 bits per heavy atom. The van der Waals surface area contributed by atoms with E-state index in [2.05, 4.69) is 6.92 Å². The Morgan fingerprint density at radius 3 is 1.85 bits per heavy atom. The molecule has 8 heteroatoms. The van der Waals surface area contributed by atoms with E-state index < -0.39 is 13.9 Å². The number of rotatable bonds is 24. The summed E-state index contributed by atoms with van der Waals surface area (Å²) < 4.78 is 27.4. The molecule has 0 saturated carbocycles. The number of likely N-dealkylation sites (N-methyl/N-ethyl adjacent to an activating group) is 1. The summed E-state index contributed by atoms with van der Waals surface area (Å²) in [7, 11) is 1.72. The average molecular weight is 495 g/mol. The van der Waals surface area contributed by atoms with Gasteiger partial charge in [-0.2, -0.15) is 0 Å². The molecule has 0 heterocycles. The van der Waals surface area contributed by atoms with Crippen LogP contribution in [0.4, 0.5) is 0 Å². The van der Waals surface area contributed by atoms with Gasteiger partial charge >= 0.3 is 7.82 Å². The van der Waals surface area contributed by atoms with E-state index in [0.717, 1.165) is 12.8 Å². The molecule has 0 bridgehead atoms. The summed E-state index contributed by atoms with van der Waals surface area (Å²) in [6.45, 7) is 2.63. The largest absolute Gasteiger partial charge is 0.499 e. The molecule has 0 aliphatic heterocycles. The van der Waals surface area contributed by atoms with Crippen LogP contribution in [-0.2, 0) is 18.3 Å². The van der Waals surface area contributed by atoms with Gasteiger partial charge in [-0.05, 0) is 18.9 Å². The van der Waals surface area contributed by atoms with Crippen LogP contribution in [0.25, 0.3) is 0 Å². The molecule has 0 amide bonds. The van der Waals surface area contributed by atoms with Gasteiger partial charge in [-0.3, -0.25) is 9.05 Å². The number of aliphatic hydroxyl groups excluding tert-OH is 1. The summed E-state index contributed by atoms with van der Waals surface area (Å²) in [5.41, 5.74) is 0. The molecule has 0 aliphatic rings. The first-order chi connectivity index (χ1) is 15.7. The van der Waals surface area contributed by atoms with E-state index in [4.69, 9.17) is 13.8 Å². The molecular weight excluding hydrogens is 441 g/mol. The molecule has 2 unspecified atom stereocenters. The summed E-state index contributed by atoms with van der Waals surface area (Å²) in [5.74, 6) is 0. The molecule has 2 N–H and O–H groups in total. The summed E-state index contributed by atoms with van der Waals surface area (Å²) in [5, 5.41) is 9.82. The summed E-state index contributed by atoms with van der Waals surface area (Å²) in [6, 6.07) is 0. The average Bonchev–Trinajstić information content (AvgIpc) is 2.73. The second-order valence-electron chi connectivity index (χ2n) is 10.0. The normalized spacial score (nSPS) is 15.1. The maximum absolute atomic E-state index is 11.8. The Kier molecular flexibility index (Phi) is 20.6. The fraction of sp³-hybridized carbons (Fsp3) is 0.920. The lowest BCUT2D eigenvalue weighted by molar-refractivity contribution is -0.870. The lowest BCUT2D eigenvalue weighted by Crippen LogP contribution is -2.37. The Hall–Kier alpha value is -0.430. The molecular formula is C25H53NO6P+. The number of nitrogens with zero attached hydrogens (tertiary/aromatic N) is 1. The van der Waals surface area contributed by atoms with Gasteiger partial charge < -0.3 is 19.2 Å². The molecule has 2 atom stereocenters. The highest BCUT2D eigenvalue weighted by molar-refractivity contribution is 7.47. The first-order valence-electron chi connectivity index (χ1n) is 13.0. The predicted octanol–water partition coefficient (Wildman–Crippen LogP) is 6.20. The molecule has 0 saturated heterocycles. The molecule has 0 spiro atoms. The van der Waals surface area contributed by atoms with Gasteiger partial charge in [0.15, 0.2) is 0 Å². The standard InChI is InChI=1S/C25H52NO6P/c1-5-6-7-8-9-10-11-12-13-14-15-16-17-18-19-21-30-23-25(27)24-32-33(28,29)31-22-20-26(2,3)4/h19,21,25,27H,5-18,20,22-24H2,1-4H3/p+1/b21-19-. The highest BCUT2D eigenvalue weighted by atomic mass is 31.2. The van der Waals surface area contributed by atoms with Gasteiger partial charge in [-0.25, -0.2) is 4.57 Å². The number of phosphoric acid groups is 1. The van der Waals surface area contributed by atoms with Crippen molar-refractivity contribution in [2.45, 2.75) is 103 Å². The van der Waals surface area contributed by atoms with E-state index in [1.807, 2.05) is 27.2 Å². The van der Waals surface area contributed by atoms with Crippen molar-refractivity contribution < 1.29 is 32.8 Å². The van der Waals surface area contributed by atoms with Crippen LogP contribution in [0, 0.1) is 0 Å².